The van der Waals surface area contributed by atoms with Crippen molar-refractivity contribution < 1.29 is 48.1 Å². The topological polar surface area (TPSA) is 433 Å². The Morgan fingerprint density at radius 3 is 1.45 bits per heavy atom. The molecule has 0 radical (unpaired) electrons. The molecule has 41 heteroatoms. The summed E-state index contributed by atoms with van der Waals surface area (Å²) in [5.74, 6) is 0.0678. The van der Waals surface area contributed by atoms with E-state index < -0.39 is 4.92 Å². The molecule has 0 aliphatic carbocycles. The van der Waals surface area contributed by atoms with Crippen LogP contribution in [0.1, 0.15) is 105 Å². The number of amidine groups is 1. The molecule has 0 saturated heterocycles. The number of nitrogens with one attached hydrogen (secondary N) is 9. The number of hydrogen-bond donors (Lipinski definition) is 9. The molecule has 9 amide bonds. The van der Waals surface area contributed by atoms with Crippen LogP contribution in [0.25, 0.3) is 10.2 Å². The van der Waals surface area contributed by atoms with Gasteiger partial charge < -0.3 is 47.9 Å². The number of aliphatic imine (C=N–C) groups is 1. The van der Waals surface area contributed by atoms with Crippen LogP contribution < -0.4 is 47.9 Å². The van der Waals surface area contributed by atoms with E-state index >= 15 is 0 Å². The number of carbonyl (C=O) groups excluding carboxylic acids is 9. The highest BCUT2D eigenvalue weighted by Crippen LogP contribution is 2.28. The number of para-hydroxylation sites is 1. The molecule has 31 nitrogen and oxygen atoms in total. The third-order valence-electron chi connectivity index (χ3n) is 9.29. The second-order valence-corrected chi connectivity index (χ2v) is 28.7. The molecule has 9 heterocycles. The van der Waals surface area contributed by atoms with Gasteiger partial charge in [-0.15, -0.1) is 66.9 Å². The van der Waals surface area contributed by atoms with E-state index in [1.807, 2.05) is 66.6 Å². The molecule has 0 unspecified atom stereocenters. The van der Waals surface area contributed by atoms with Crippen molar-refractivity contribution in [2.24, 2.45) is 4.99 Å². The highest BCUT2D eigenvalue weighted by atomic mass is 79.9. The molecular weight excluding hydrogens is 1490 g/mol. The largest absolute Gasteiger partial charge is 0.345 e. The molecule has 0 saturated carbocycles. The summed E-state index contributed by atoms with van der Waals surface area (Å²) in [6, 6.07) is 7.80. The molecule has 1 aliphatic rings. The van der Waals surface area contributed by atoms with Crippen LogP contribution in [0.15, 0.2) is 73.3 Å². The van der Waals surface area contributed by atoms with Crippen LogP contribution >= 0.6 is 118 Å². The summed E-state index contributed by atoms with van der Waals surface area (Å²) in [4.78, 5) is 138. The van der Waals surface area contributed by atoms with Crippen molar-refractivity contribution in [3.8, 4) is 0 Å². The van der Waals surface area contributed by atoms with Gasteiger partial charge in [0.25, 0.3) is 0 Å². The Labute approximate surface area is 596 Å². The number of aryl methyl sites for hydroxylation is 3. The monoisotopic (exact) mass is 1550 g/mol. The molecule has 0 atom stereocenters. The number of rotatable bonds is 9. The maximum absolute atomic E-state index is 10.7. The minimum atomic E-state index is -0.553. The second kappa shape index (κ2) is 44.3. The standard InChI is InChI=1S/C9H8N2OS.C9H14N2OS.C7H10N2OS.C6H8N2OS.C5H5BrN2OS.C5H5N3O3S.C5H8N2OS.C5H6N2OS.C4H5N3OS/c1-6(12)10-9-11-7-4-2-3-5-8(7)13-9;1-6(12)10-8-11-7(5-13-8)9(2,3)4;1-4-5(2)11-7(8-4)9-6(3)10;1-4-3-10-6(7-4)8-5(2)9;1-3(9)7-5-8-4(6)2-10-5;1-3(9)7-5-6-2-4(12-5)8(10)11;2*1-4(8)7-5-6-2-3-9-5;1-3(8)6-4-7-5-2-9-4/h2-5H,1H3,(H,10,11,12);5H,1-4H3,(H,10,11,12);1-3H3,(H,8,9,10);3H,1-2H3,(H,7,8,9);2H,1H3,(H,7,8,9);2H,1H3,(H,6,7,9);2-3H2,1H3,(H,6,7,8);2-3H,1H3,(H,6,7,8);2H,1H3,(H,6,7,8). The number of thioether (sulfide) groups is 1. The number of thiazole rings is 7. The number of nitro groups is 1. The van der Waals surface area contributed by atoms with Crippen molar-refractivity contribution in [1.82, 2.24) is 50.4 Å². The number of nitrogens with zero attached hydrogens (tertiary/aromatic N) is 11. The number of aromatic nitrogens is 9. The maximum atomic E-state index is 10.7. The van der Waals surface area contributed by atoms with E-state index in [0.717, 1.165) is 71.8 Å². The van der Waals surface area contributed by atoms with Gasteiger partial charge in [0.15, 0.2) is 41.1 Å². The van der Waals surface area contributed by atoms with Crippen molar-refractivity contribution in [2.45, 2.75) is 109 Å². The van der Waals surface area contributed by atoms with Gasteiger partial charge in [0.1, 0.15) is 16.3 Å². The van der Waals surface area contributed by atoms with E-state index in [9.17, 15) is 53.3 Å². The van der Waals surface area contributed by atoms with Gasteiger partial charge in [-0.3, -0.25) is 58.3 Å². The minimum Gasteiger partial charge on any atom is -0.306 e. The minimum absolute atomic E-state index is 0.0387. The van der Waals surface area contributed by atoms with Gasteiger partial charge in [0, 0.05) is 106 Å². The number of fused-ring (bicyclic) bond motifs is 1. The second-order valence-electron chi connectivity index (χ2n) is 19.2. The van der Waals surface area contributed by atoms with Gasteiger partial charge in [0.2, 0.25) is 58.3 Å². The third-order valence-corrected chi connectivity index (χ3v) is 17.4. The summed E-state index contributed by atoms with van der Waals surface area (Å²) in [7, 11) is 0. The van der Waals surface area contributed by atoms with Gasteiger partial charge in [-0.1, -0.05) is 67.3 Å². The lowest BCUT2D eigenvalue weighted by atomic mass is 9.93. The average molecular weight is 1550 g/mol. The number of benzene rings is 1. The van der Waals surface area contributed by atoms with Crippen LogP contribution in [0.4, 0.5) is 46.1 Å². The number of hydrogen-bond acceptors (Lipinski definition) is 30. The average Bonchev–Trinajstić information content (AvgIpc) is 1.74. The zero-order chi connectivity index (χ0) is 72.1. The van der Waals surface area contributed by atoms with Crippen molar-refractivity contribution >= 4 is 233 Å². The van der Waals surface area contributed by atoms with Gasteiger partial charge >= 0.3 is 5.00 Å². The quantitative estimate of drug-likeness (QED) is 0.0479. The Morgan fingerprint density at radius 2 is 1.03 bits per heavy atom. The fourth-order valence-electron chi connectivity index (χ4n) is 5.54. The summed E-state index contributed by atoms with van der Waals surface area (Å²) in [5, 5.41) is 53.4. The zero-order valence-electron chi connectivity index (χ0n) is 54.2. The number of anilines is 8. The molecule has 8 aromatic heterocycles. The first-order chi connectivity index (χ1) is 45.1. The lowest BCUT2D eigenvalue weighted by Crippen LogP contribution is -2.23. The van der Waals surface area contributed by atoms with Crippen molar-refractivity contribution in [1.29, 1.82) is 0 Å². The molecule has 9 N–H and O–H groups in total. The van der Waals surface area contributed by atoms with Crippen molar-refractivity contribution in [3.63, 3.8) is 0 Å². The fraction of sp³-hybridized carbons (Fsp3) is 0.327. The van der Waals surface area contributed by atoms with Crippen LogP contribution in [-0.4, -0.2) is 121 Å². The Hall–Kier alpha value is -8.42. The van der Waals surface area contributed by atoms with Crippen molar-refractivity contribution in [3.05, 3.63) is 100 Å². The Bertz CT molecular complexity index is 3840. The van der Waals surface area contributed by atoms with Gasteiger partial charge in [-0.05, 0) is 60.2 Å². The normalized spacial score (nSPS) is 10.5. The third kappa shape index (κ3) is 38.8. The number of carbonyl (C=O) groups is 9. The fourth-order valence-corrected chi connectivity index (χ4v) is 12.7. The molecule has 0 fully saturated rings. The summed E-state index contributed by atoms with van der Waals surface area (Å²) in [6.45, 7) is 26.0. The van der Waals surface area contributed by atoms with Crippen LogP contribution in [0, 0.1) is 30.9 Å². The van der Waals surface area contributed by atoms with Gasteiger partial charge in [-0.2, -0.15) is 0 Å². The summed E-state index contributed by atoms with van der Waals surface area (Å²) in [5.41, 5.74) is 5.48. The first kappa shape index (κ1) is 83.7. The van der Waals surface area contributed by atoms with E-state index in [1.54, 1.807) is 23.5 Å². The molecule has 1 aliphatic heterocycles. The zero-order valence-corrected chi connectivity index (χ0v) is 63.2. The summed E-state index contributed by atoms with van der Waals surface area (Å²) in [6.07, 6.45) is 2.76. The summed E-state index contributed by atoms with van der Waals surface area (Å²) < 4.78 is 1.84. The highest BCUT2D eigenvalue weighted by Gasteiger charge is 2.18. The molecular formula is C55H69BrN20O11S9. The SMILES string of the molecule is CC(=O)NC1=NCCS1.CC(=O)Nc1nc(Br)cs1.CC(=O)Nc1nc(C(C)(C)C)cs1.CC(=O)Nc1nc(C)c(C)s1.CC(=O)Nc1nc(C)cs1.CC(=O)Nc1nc2ccccc2s1.CC(=O)Nc1ncc([N+](=O)[O-])s1.CC(=O)Nc1nccs1.CC(=O)Nc1nncs1. The van der Waals surface area contributed by atoms with E-state index in [0.29, 0.717) is 35.9 Å². The smallest absolute Gasteiger partial charge is 0.306 e. The molecule has 10 rings (SSSR count). The van der Waals surface area contributed by atoms with Crippen molar-refractivity contribution in [2.75, 3.05) is 54.8 Å². The molecule has 0 bridgehead atoms. The lowest BCUT2D eigenvalue weighted by Gasteiger charge is -2.13. The van der Waals surface area contributed by atoms with Crippen LogP contribution in [0.5, 0.6) is 0 Å². The Morgan fingerprint density at radius 1 is 0.531 bits per heavy atom. The predicted molar refractivity (Wildman–Crippen MR) is 392 cm³/mol. The molecule has 9 aromatic rings. The summed E-state index contributed by atoms with van der Waals surface area (Å²) >= 11 is 15.6. The number of halogens is 1. The van der Waals surface area contributed by atoms with E-state index in [-0.39, 0.29) is 68.7 Å². The maximum Gasteiger partial charge on any atom is 0.345 e. The molecule has 1 aromatic carbocycles. The van der Waals surface area contributed by atoms with E-state index in [1.165, 1.54) is 142 Å². The van der Waals surface area contributed by atoms with Crippen LogP contribution in [-0.2, 0) is 48.6 Å². The highest BCUT2D eigenvalue weighted by molar-refractivity contribution is 9.10. The van der Waals surface area contributed by atoms with Gasteiger partial charge in [0.05, 0.1) is 38.8 Å². The van der Waals surface area contributed by atoms with Gasteiger partial charge in [-0.25, -0.2) is 34.9 Å². The van der Waals surface area contributed by atoms with Crippen LogP contribution in [0.3, 0.4) is 0 Å². The first-order valence-corrected chi connectivity index (χ1v) is 35.9. The van der Waals surface area contributed by atoms with E-state index in [4.69, 9.17) is 0 Å². The first-order valence-electron chi connectivity index (χ1n) is 27.3. The molecule has 0 spiro atoms. The predicted octanol–water partition coefficient (Wildman–Crippen LogP) is 12.5. The molecule has 516 valence electrons. The Balaban J connectivity index is 0.000000369. The molecule has 96 heavy (non-hydrogen) atoms. The van der Waals surface area contributed by atoms with Crippen LogP contribution in [0.2, 0.25) is 0 Å². The number of amides is 9. The van der Waals surface area contributed by atoms with E-state index in [2.05, 4.69) is 135 Å². The lowest BCUT2D eigenvalue weighted by molar-refractivity contribution is -0.380. The Kier molecular flexibility index (Phi) is 38.6.